The van der Waals surface area contributed by atoms with Crippen LogP contribution in [0.3, 0.4) is 0 Å². The number of anilines is 3. The first-order chi connectivity index (χ1) is 12.4. The van der Waals surface area contributed by atoms with Gasteiger partial charge in [-0.1, -0.05) is 0 Å². The Hall–Kier alpha value is -2.75. The third-order valence-electron chi connectivity index (χ3n) is 3.23. The standard InChI is InChI=1S/C16H22N6O3S/c1-22(2)16-20-13(19-15(17)21-16)8-26-9-14(23)18-11-7-10(24-3)5-6-12(11)25-4/h5-7H,8-9H2,1-4H3,(H,18,23)(H2,17,19,20,21). The zero-order valence-corrected chi connectivity index (χ0v) is 16.0. The van der Waals surface area contributed by atoms with E-state index in [0.29, 0.717) is 34.7 Å². The first kappa shape index (κ1) is 19.6. The van der Waals surface area contributed by atoms with Crippen LogP contribution in [0, 0.1) is 0 Å². The zero-order chi connectivity index (χ0) is 19.1. The Morgan fingerprint density at radius 2 is 2.00 bits per heavy atom. The molecule has 0 fully saturated rings. The van der Waals surface area contributed by atoms with Gasteiger partial charge in [-0.2, -0.15) is 15.0 Å². The molecule has 0 bridgehead atoms. The number of nitrogens with two attached hydrogens (primary N) is 1. The van der Waals surface area contributed by atoms with Crippen molar-refractivity contribution >= 4 is 35.3 Å². The first-order valence-electron chi connectivity index (χ1n) is 7.70. The van der Waals surface area contributed by atoms with E-state index >= 15 is 0 Å². The number of rotatable bonds is 8. The maximum Gasteiger partial charge on any atom is 0.234 e. The molecule has 0 radical (unpaired) electrons. The van der Waals surface area contributed by atoms with Crippen LogP contribution in [0.5, 0.6) is 11.5 Å². The maximum atomic E-state index is 12.2. The first-order valence-corrected chi connectivity index (χ1v) is 8.85. The van der Waals surface area contributed by atoms with E-state index in [2.05, 4.69) is 20.3 Å². The van der Waals surface area contributed by atoms with Gasteiger partial charge in [-0.3, -0.25) is 4.79 Å². The van der Waals surface area contributed by atoms with Crippen LogP contribution in [0.15, 0.2) is 18.2 Å². The van der Waals surface area contributed by atoms with Gasteiger partial charge in [0.05, 0.1) is 31.4 Å². The van der Waals surface area contributed by atoms with Crippen LogP contribution in [0.2, 0.25) is 0 Å². The number of amides is 1. The van der Waals surface area contributed by atoms with Gasteiger partial charge < -0.3 is 25.4 Å². The number of nitrogens with zero attached hydrogens (tertiary/aromatic N) is 4. The van der Waals surface area contributed by atoms with Gasteiger partial charge in [0.1, 0.15) is 17.3 Å². The molecule has 0 unspecified atom stereocenters. The third kappa shape index (κ3) is 5.38. The molecule has 0 saturated heterocycles. The monoisotopic (exact) mass is 378 g/mol. The normalized spacial score (nSPS) is 10.3. The van der Waals surface area contributed by atoms with Crippen LogP contribution >= 0.6 is 11.8 Å². The summed E-state index contributed by atoms with van der Waals surface area (Å²) in [6.45, 7) is 0. The lowest BCUT2D eigenvalue weighted by Gasteiger charge is -2.12. The molecule has 1 aromatic heterocycles. The second-order valence-electron chi connectivity index (χ2n) is 5.41. The average molecular weight is 378 g/mol. The molecule has 0 aliphatic heterocycles. The highest BCUT2D eigenvalue weighted by molar-refractivity contribution is 7.99. The van der Waals surface area contributed by atoms with Crippen molar-refractivity contribution in [2.45, 2.75) is 5.75 Å². The highest BCUT2D eigenvalue weighted by Gasteiger charge is 2.11. The summed E-state index contributed by atoms with van der Waals surface area (Å²) >= 11 is 1.38. The van der Waals surface area contributed by atoms with Gasteiger partial charge in [0.15, 0.2) is 0 Å². The number of hydrogen-bond acceptors (Lipinski definition) is 9. The Morgan fingerprint density at radius 1 is 1.23 bits per heavy atom. The predicted octanol–water partition coefficient (Wildman–Crippen LogP) is 1.41. The van der Waals surface area contributed by atoms with E-state index in [1.807, 2.05) is 14.1 Å². The molecule has 140 valence electrons. The second kappa shape index (κ2) is 9.09. The van der Waals surface area contributed by atoms with Crippen LogP contribution in [0.1, 0.15) is 5.82 Å². The molecule has 0 spiro atoms. The van der Waals surface area contributed by atoms with E-state index < -0.39 is 0 Å². The number of aromatic nitrogens is 3. The maximum absolute atomic E-state index is 12.2. The van der Waals surface area contributed by atoms with Crippen LogP contribution < -0.4 is 25.4 Å². The van der Waals surface area contributed by atoms with Gasteiger partial charge in [-0.05, 0) is 12.1 Å². The Morgan fingerprint density at radius 3 is 2.65 bits per heavy atom. The van der Waals surface area contributed by atoms with E-state index in [0.717, 1.165) is 0 Å². The molecule has 0 atom stereocenters. The summed E-state index contributed by atoms with van der Waals surface area (Å²) in [4.78, 5) is 26.4. The topological polar surface area (TPSA) is 115 Å². The molecule has 10 heteroatoms. The van der Waals surface area contributed by atoms with Crippen molar-refractivity contribution in [1.29, 1.82) is 0 Å². The lowest BCUT2D eigenvalue weighted by Crippen LogP contribution is -2.17. The molecule has 0 saturated carbocycles. The summed E-state index contributed by atoms with van der Waals surface area (Å²) in [5.74, 6) is 2.85. The van der Waals surface area contributed by atoms with Crippen LogP contribution in [-0.4, -0.2) is 54.9 Å². The number of nitrogens with one attached hydrogen (secondary N) is 1. The SMILES string of the molecule is COc1ccc(OC)c(NC(=O)CSCc2nc(N)nc(N(C)C)n2)c1. The minimum atomic E-state index is -0.170. The fourth-order valence-corrected chi connectivity index (χ4v) is 2.69. The highest BCUT2D eigenvalue weighted by Crippen LogP contribution is 2.29. The fraction of sp³-hybridized carbons (Fsp3) is 0.375. The molecule has 26 heavy (non-hydrogen) atoms. The third-order valence-corrected chi connectivity index (χ3v) is 4.16. The Kier molecular flexibility index (Phi) is 6.84. The minimum Gasteiger partial charge on any atom is -0.497 e. The number of nitrogen functional groups attached to an aromatic ring is 1. The highest BCUT2D eigenvalue weighted by atomic mass is 32.2. The van der Waals surface area contributed by atoms with E-state index in [1.165, 1.54) is 11.8 Å². The van der Waals surface area contributed by atoms with Crippen molar-refractivity contribution in [3.63, 3.8) is 0 Å². The van der Waals surface area contributed by atoms with Crippen molar-refractivity contribution < 1.29 is 14.3 Å². The number of hydrogen-bond donors (Lipinski definition) is 2. The Labute approximate surface area is 156 Å². The molecular weight excluding hydrogens is 356 g/mol. The van der Waals surface area contributed by atoms with E-state index in [1.54, 1.807) is 37.3 Å². The van der Waals surface area contributed by atoms with E-state index in [9.17, 15) is 4.79 Å². The van der Waals surface area contributed by atoms with Gasteiger partial charge in [-0.25, -0.2) is 0 Å². The summed E-state index contributed by atoms with van der Waals surface area (Å²) in [7, 11) is 6.74. The lowest BCUT2D eigenvalue weighted by molar-refractivity contribution is -0.113. The lowest BCUT2D eigenvalue weighted by atomic mass is 10.2. The van der Waals surface area contributed by atoms with Gasteiger partial charge in [0.25, 0.3) is 0 Å². The van der Waals surface area contributed by atoms with E-state index in [-0.39, 0.29) is 17.6 Å². The van der Waals surface area contributed by atoms with Crippen LogP contribution in [0.25, 0.3) is 0 Å². The van der Waals surface area contributed by atoms with Gasteiger partial charge in [-0.15, -0.1) is 11.8 Å². The summed E-state index contributed by atoms with van der Waals surface area (Å²) < 4.78 is 10.4. The molecule has 2 aromatic rings. The van der Waals surface area contributed by atoms with Crippen molar-refractivity contribution in [2.24, 2.45) is 0 Å². The van der Waals surface area contributed by atoms with Gasteiger partial charge >= 0.3 is 0 Å². The van der Waals surface area contributed by atoms with Crippen molar-refractivity contribution in [1.82, 2.24) is 15.0 Å². The van der Waals surface area contributed by atoms with Gasteiger partial charge in [0, 0.05) is 20.2 Å². The summed E-state index contributed by atoms with van der Waals surface area (Å²) in [5.41, 5.74) is 6.24. The van der Waals surface area contributed by atoms with Crippen molar-refractivity contribution in [2.75, 3.05) is 50.0 Å². The average Bonchev–Trinajstić information content (AvgIpc) is 2.61. The van der Waals surface area contributed by atoms with Crippen LogP contribution in [0.4, 0.5) is 17.6 Å². The quantitative estimate of drug-likeness (QED) is 0.703. The molecule has 1 amide bonds. The Balaban J connectivity index is 1.94. The number of carbonyl (C=O) groups excluding carboxylic acids is 1. The fourth-order valence-electron chi connectivity index (χ4n) is 2.02. The summed E-state index contributed by atoms with van der Waals surface area (Å²) in [5, 5.41) is 2.81. The van der Waals surface area contributed by atoms with Crippen molar-refractivity contribution in [3.05, 3.63) is 24.0 Å². The number of carbonyl (C=O) groups is 1. The summed E-state index contributed by atoms with van der Waals surface area (Å²) in [6, 6.07) is 5.20. The number of benzene rings is 1. The summed E-state index contributed by atoms with van der Waals surface area (Å²) in [6.07, 6.45) is 0. The molecule has 1 heterocycles. The molecule has 0 aliphatic carbocycles. The molecule has 9 nitrogen and oxygen atoms in total. The number of methoxy groups -OCH3 is 2. The van der Waals surface area contributed by atoms with E-state index in [4.69, 9.17) is 15.2 Å². The second-order valence-corrected chi connectivity index (χ2v) is 6.40. The Bertz CT molecular complexity index is 772. The van der Waals surface area contributed by atoms with Crippen molar-refractivity contribution in [3.8, 4) is 11.5 Å². The number of thioether (sulfide) groups is 1. The van der Waals surface area contributed by atoms with Gasteiger partial charge in [0.2, 0.25) is 17.8 Å². The predicted molar refractivity (Wildman–Crippen MR) is 103 cm³/mol. The van der Waals surface area contributed by atoms with Crippen LogP contribution in [-0.2, 0) is 10.5 Å². The molecule has 2 rings (SSSR count). The minimum absolute atomic E-state index is 0.157. The molecule has 1 aromatic carbocycles. The molecular formula is C16H22N6O3S. The smallest absolute Gasteiger partial charge is 0.234 e. The zero-order valence-electron chi connectivity index (χ0n) is 15.1. The number of ether oxygens (including phenoxy) is 2. The molecule has 0 aliphatic rings. The molecule has 3 N–H and O–H groups in total. The largest absolute Gasteiger partial charge is 0.497 e.